The third-order valence-corrected chi connectivity index (χ3v) is 4.00. The second-order valence-electron chi connectivity index (χ2n) is 4.27. The standard InChI is InChI=1S/C15H14F2INO/c1-19-15(11-5-3-10(17)8-13(11)18)12-7-9(16)4-6-14(12)20-2/h3-8,15,19H,1-2H3. The summed E-state index contributed by atoms with van der Waals surface area (Å²) in [6, 6.07) is 8.64. The van der Waals surface area contributed by atoms with E-state index in [1.54, 1.807) is 26.3 Å². The number of benzene rings is 2. The van der Waals surface area contributed by atoms with Crippen LogP contribution >= 0.6 is 22.6 Å². The Labute approximate surface area is 130 Å². The number of ether oxygens (including phenoxy) is 1. The van der Waals surface area contributed by atoms with E-state index in [0.29, 0.717) is 11.3 Å². The van der Waals surface area contributed by atoms with E-state index in [1.165, 1.54) is 24.3 Å². The molecule has 2 rings (SSSR count). The molecule has 0 aliphatic heterocycles. The summed E-state index contributed by atoms with van der Waals surface area (Å²) in [5, 5.41) is 3.12. The van der Waals surface area contributed by atoms with Gasteiger partial charge in [-0.25, -0.2) is 8.78 Å². The molecule has 0 saturated carbocycles. The van der Waals surface area contributed by atoms with Gasteiger partial charge in [0.05, 0.1) is 13.2 Å². The first-order valence-corrected chi connectivity index (χ1v) is 7.10. The van der Waals surface area contributed by atoms with Crippen molar-refractivity contribution in [2.24, 2.45) is 0 Å². The predicted octanol–water partition coefficient (Wildman–Crippen LogP) is 3.89. The highest BCUT2D eigenvalue weighted by Crippen LogP contribution is 2.32. The molecule has 5 heteroatoms. The Balaban J connectivity index is 2.54. The molecule has 0 aliphatic carbocycles. The second-order valence-corrected chi connectivity index (χ2v) is 5.44. The first-order valence-electron chi connectivity index (χ1n) is 6.02. The molecule has 0 saturated heterocycles. The number of hydrogen-bond acceptors (Lipinski definition) is 2. The minimum Gasteiger partial charge on any atom is -0.496 e. The molecule has 0 aromatic heterocycles. The van der Waals surface area contributed by atoms with E-state index < -0.39 is 0 Å². The molecule has 0 spiro atoms. The van der Waals surface area contributed by atoms with Crippen molar-refractivity contribution in [3.8, 4) is 5.75 Å². The van der Waals surface area contributed by atoms with E-state index in [2.05, 4.69) is 27.9 Å². The third kappa shape index (κ3) is 3.09. The number of rotatable bonds is 4. The van der Waals surface area contributed by atoms with E-state index in [-0.39, 0.29) is 17.7 Å². The normalized spacial score (nSPS) is 12.2. The summed E-state index contributed by atoms with van der Waals surface area (Å²) in [7, 11) is 3.31. The van der Waals surface area contributed by atoms with Gasteiger partial charge < -0.3 is 10.1 Å². The maximum absolute atomic E-state index is 13.5. The molecule has 0 heterocycles. The van der Waals surface area contributed by atoms with E-state index >= 15 is 0 Å². The van der Waals surface area contributed by atoms with Gasteiger partial charge in [-0.3, -0.25) is 0 Å². The fraction of sp³-hybridized carbons (Fsp3) is 0.200. The average molecular weight is 389 g/mol. The molecule has 1 atom stereocenters. The number of methoxy groups -OCH3 is 1. The topological polar surface area (TPSA) is 21.3 Å². The molecule has 106 valence electrons. The largest absolute Gasteiger partial charge is 0.496 e. The molecule has 2 aromatic rings. The summed E-state index contributed by atoms with van der Waals surface area (Å²) >= 11 is 2.07. The quantitative estimate of drug-likeness (QED) is 0.802. The summed E-state index contributed by atoms with van der Waals surface area (Å²) in [6.07, 6.45) is 0. The SMILES string of the molecule is CNC(c1ccc(F)cc1I)c1cc(F)ccc1OC. The Morgan fingerprint density at radius 2 is 1.70 bits per heavy atom. The lowest BCUT2D eigenvalue weighted by Crippen LogP contribution is -2.19. The summed E-state index contributed by atoms with van der Waals surface area (Å²) < 4.78 is 32.8. The van der Waals surface area contributed by atoms with Crippen LogP contribution in [0.5, 0.6) is 5.75 Å². The van der Waals surface area contributed by atoms with Crippen LogP contribution in [0.1, 0.15) is 17.2 Å². The molecule has 2 aromatic carbocycles. The number of nitrogens with one attached hydrogen (secondary N) is 1. The second kappa shape index (κ2) is 6.49. The lowest BCUT2D eigenvalue weighted by atomic mass is 9.98. The zero-order valence-corrected chi connectivity index (χ0v) is 13.2. The predicted molar refractivity (Wildman–Crippen MR) is 83.0 cm³/mol. The van der Waals surface area contributed by atoms with Crippen molar-refractivity contribution in [2.75, 3.05) is 14.2 Å². The molecule has 0 radical (unpaired) electrons. The smallest absolute Gasteiger partial charge is 0.124 e. The zero-order valence-electron chi connectivity index (χ0n) is 11.1. The van der Waals surface area contributed by atoms with Gasteiger partial charge in [-0.1, -0.05) is 6.07 Å². The Morgan fingerprint density at radius 3 is 2.30 bits per heavy atom. The lowest BCUT2D eigenvalue weighted by molar-refractivity contribution is 0.403. The molecular formula is C15H14F2INO. The first-order chi connectivity index (χ1) is 9.56. The van der Waals surface area contributed by atoms with Gasteiger partial charge in [0.25, 0.3) is 0 Å². The highest BCUT2D eigenvalue weighted by molar-refractivity contribution is 14.1. The first kappa shape index (κ1) is 15.2. The number of hydrogen-bond donors (Lipinski definition) is 1. The van der Waals surface area contributed by atoms with Gasteiger partial charge in [-0.15, -0.1) is 0 Å². The molecule has 0 bridgehead atoms. The van der Waals surface area contributed by atoms with Gasteiger partial charge in [0.15, 0.2) is 0 Å². The zero-order chi connectivity index (χ0) is 14.7. The molecule has 1 unspecified atom stereocenters. The van der Waals surface area contributed by atoms with Crippen LogP contribution in [-0.4, -0.2) is 14.2 Å². The highest BCUT2D eigenvalue weighted by atomic mass is 127. The van der Waals surface area contributed by atoms with Crippen molar-refractivity contribution in [2.45, 2.75) is 6.04 Å². The van der Waals surface area contributed by atoms with Crippen LogP contribution in [0.2, 0.25) is 0 Å². The van der Waals surface area contributed by atoms with Crippen molar-refractivity contribution in [3.05, 3.63) is 62.7 Å². The van der Waals surface area contributed by atoms with Crippen LogP contribution in [0.25, 0.3) is 0 Å². The van der Waals surface area contributed by atoms with Crippen LogP contribution in [0.15, 0.2) is 36.4 Å². The summed E-state index contributed by atoms with van der Waals surface area (Å²) in [6.45, 7) is 0. The number of halogens is 3. The Hall–Kier alpha value is -1.21. The fourth-order valence-corrected chi connectivity index (χ4v) is 2.93. The fourth-order valence-electron chi connectivity index (χ4n) is 2.14. The van der Waals surface area contributed by atoms with Gasteiger partial charge in [0.1, 0.15) is 17.4 Å². The third-order valence-electron chi connectivity index (χ3n) is 3.06. The molecule has 2 nitrogen and oxygen atoms in total. The lowest BCUT2D eigenvalue weighted by Gasteiger charge is -2.21. The van der Waals surface area contributed by atoms with Crippen molar-refractivity contribution < 1.29 is 13.5 Å². The van der Waals surface area contributed by atoms with Crippen LogP contribution in [-0.2, 0) is 0 Å². The highest BCUT2D eigenvalue weighted by Gasteiger charge is 2.19. The summed E-state index contributed by atoms with van der Waals surface area (Å²) in [5.41, 5.74) is 1.55. The monoisotopic (exact) mass is 389 g/mol. The molecule has 1 N–H and O–H groups in total. The van der Waals surface area contributed by atoms with Gasteiger partial charge in [-0.05, 0) is 65.5 Å². The molecule has 0 amide bonds. The van der Waals surface area contributed by atoms with Crippen molar-refractivity contribution >= 4 is 22.6 Å². The van der Waals surface area contributed by atoms with Crippen LogP contribution in [0.4, 0.5) is 8.78 Å². The maximum Gasteiger partial charge on any atom is 0.124 e. The van der Waals surface area contributed by atoms with Crippen LogP contribution < -0.4 is 10.1 Å². The minimum absolute atomic E-state index is 0.270. The molecule has 0 fully saturated rings. The summed E-state index contributed by atoms with van der Waals surface area (Å²) in [5.74, 6) is -0.0387. The maximum atomic E-state index is 13.5. The van der Waals surface area contributed by atoms with Crippen molar-refractivity contribution in [3.63, 3.8) is 0 Å². The van der Waals surface area contributed by atoms with E-state index in [4.69, 9.17) is 4.74 Å². The van der Waals surface area contributed by atoms with Gasteiger partial charge in [-0.2, -0.15) is 0 Å². The molecule has 0 aliphatic rings. The van der Waals surface area contributed by atoms with Gasteiger partial charge in [0.2, 0.25) is 0 Å². The van der Waals surface area contributed by atoms with E-state index in [9.17, 15) is 8.78 Å². The molecule has 20 heavy (non-hydrogen) atoms. The average Bonchev–Trinajstić information content (AvgIpc) is 2.42. The Morgan fingerprint density at radius 1 is 1.05 bits per heavy atom. The van der Waals surface area contributed by atoms with Gasteiger partial charge in [0, 0.05) is 9.13 Å². The molecular weight excluding hydrogens is 375 g/mol. The Bertz CT molecular complexity index is 619. The Kier molecular flexibility index (Phi) is 4.93. The van der Waals surface area contributed by atoms with Crippen LogP contribution in [0, 0.1) is 15.2 Å². The van der Waals surface area contributed by atoms with Crippen molar-refractivity contribution in [1.82, 2.24) is 5.32 Å². The minimum atomic E-state index is -0.335. The van der Waals surface area contributed by atoms with Crippen molar-refractivity contribution in [1.29, 1.82) is 0 Å². The van der Waals surface area contributed by atoms with Gasteiger partial charge >= 0.3 is 0 Å². The van der Waals surface area contributed by atoms with E-state index in [1.807, 2.05) is 0 Å². The summed E-state index contributed by atoms with van der Waals surface area (Å²) in [4.78, 5) is 0. The van der Waals surface area contributed by atoms with E-state index in [0.717, 1.165) is 9.13 Å². The van der Waals surface area contributed by atoms with Crippen LogP contribution in [0.3, 0.4) is 0 Å².